The fourth-order valence-electron chi connectivity index (χ4n) is 8.46. The number of nitrogens with zero attached hydrogens (tertiary/aromatic N) is 3. The van der Waals surface area contributed by atoms with Gasteiger partial charge in [-0.3, -0.25) is 4.98 Å². The molecular formula is C50H37N3. The van der Waals surface area contributed by atoms with Gasteiger partial charge in [0.2, 0.25) is 0 Å². The fourth-order valence-corrected chi connectivity index (χ4v) is 8.46. The molecule has 9 aromatic rings. The predicted octanol–water partition coefficient (Wildman–Crippen LogP) is 13.3. The zero-order valence-electron chi connectivity index (χ0n) is 29.7. The van der Waals surface area contributed by atoms with E-state index >= 15 is 0 Å². The van der Waals surface area contributed by atoms with E-state index in [9.17, 15) is 0 Å². The SMILES string of the molecule is CC1(C)c2ccccc2-c2ccc(N(c3ccc(-c4cccc(-c5ccncc5)c4)cc3)c3ccc4c(c3)c3ccccc3n4-c3ccccc3)cc21. The minimum atomic E-state index is -0.107. The van der Waals surface area contributed by atoms with Crippen molar-refractivity contribution < 1.29 is 0 Å². The van der Waals surface area contributed by atoms with Gasteiger partial charge in [0, 0.05) is 51.3 Å². The second-order valence-corrected chi connectivity index (χ2v) is 14.5. The van der Waals surface area contributed by atoms with E-state index in [4.69, 9.17) is 0 Å². The highest BCUT2D eigenvalue weighted by Gasteiger charge is 2.35. The van der Waals surface area contributed by atoms with Crippen LogP contribution in [0, 0.1) is 0 Å². The largest absolute Gasteiger partial charge is 0.310 e. The Morgan fingerprint density at radius 3 is 1.87 bits per heavy atom. The predicted molar refractivity (Wildman–Crippen MR) is 222 cm³/mol. The maximum Gasteiger partial charge on any atom is 0.0542 e. The third kappa shape index (κ3) is 5.08. The quantitative estimate of drug-likeness (QED) is 0.174. The highest BCUT2D eigenvalue weighted by atomic mass is 15.1. The monoisotopic (exact) mass is 679 g/mol. The topological polar surface area (TPSA) is 21.1 Å². The molecule has 0 N–H and O–H groups in total. The third-order valence-corrected chi connectivity index (χ3v) is 11.1. The van der Waals surface area contributed by atoms with Crippen molar-refractivity contribution >= 4 is 38.9 Å². The summed E-state index contributed by atoms with van der Waals surface area (Å²) in [7, 11) is 0. The Balaban J connectivity index is 1.13. The molecule has 0 saturated carbocycles. The van der Waals surface area contributed by atoms with Crippen molar-refractivity contribution in [2.45, 2.75) is 19.3 Å². The molecule has 1 aliphatic carbocycles. The van der Waals surface area contributed by atoms with E-state index in [0.29, 0.717) is 0 Å². The average molecular weight is 680 g/mol. The van der Waals surface area contributed by atoms with E-state index in [1.165, 1.54) is 60.8 Å². The number of para-hydroxylation sites is 2. The summed E-state index contributed by atoms with van der Waals surface area (Å²) in [5.41, 5.74) is 16.9. The summed E-state index contributed by atoms with van der Waals surface area (Å²) >= 11 is 0. The lowest BCUT2D eigenvalue weighted by atomic mass is 9.82. The minimum absolute atomic E-state index is 0.107. The van der Waals surface area contributed by atoms with Crippen LogP contribution in [0.1, 0.15) is 25.0 Å². The van der Waals surface area contributed by atoms with Gasteiger partial charge in [-0.05, 0) is 123 Å². The number of aromatic nitrogens is 2. The number of rotatable bonds is 6. The molecule has 0 unspecified atom stereocenters. The Morgan fingerprint density at radius 1 is 0.434 bits per heavy atom. The van der Waals surface area contributed by atoms with Gasteiger partial charge in [-0.1, -0.05) is 111 Å². The molecule has 3 heteroatoms. The van der Waals surface area contributed by atoms with E-state index in [2.05, 4.69) is 204 Å². The van der Waals surface area contributed by atoms with E-state index < -0.39 is 0 Å². The summed E-state index contributed by atoms with van der Waals surface area (Å²) in [4.78, 5) is 6.63. The smallest absolute Gasteiger partial charge is 0.0542 e. The van der Waals surface area contributed by atoms with E-state index in [-0.39, 0.29) is 5.41 Å². The molecule has 0 radical (unpaired) electrons. The van der Waals surface area contributed by atoms with Gasteiger partial charge >= 0.3 is 0 Å². The van der Waals surface area contributed by atoms with Gasteiger partial charge in [-0.15, -0.1) is 0 Å². The van der Waals surface area contributed by atoms with Gasteiger partial charge < -0.3 is 9.47 Å². The summed E-state index contributed by atoms with van der Waals surface area (Å²) < 4.78 is 2.38. The molecule has 0 atom stereocenters. The second kappa shape index (κ2) is 12.2. The van der Waals surface area contributed by atoms with Crippen LogP contribution < -0.4 is 4.90 Å². The molecule has 2 aromatic heterocycles. The van der Waals surface area contributed by atoms with Crippen LogP contribution in [0.5, 0.6) is 0 Å². The van der Waals surface area contributed by atoms with E-state index in [0.717, 1.165) is 28.3 Å². The summed E-state index contributed by atoms with van der Waals surface area (Å²) in [6.07, 6.45) is 3.70. The maximum absolute atomic E-state index is 4.21. The number of hydrogen-bond donors (Lipinski definition) is 0. The number of fused-ring (bicyclic) bond motifs is 6. The third-order valence-electron chi connectivity index (χ3n) is 11.1. The van der Waals surface area contributed by atoms with Gasteiger partial charge in [0.15, 0.2) is 0 Å². The number of hydrogen-bond acceptors (Lipinski definition) is 2. The molecule has 7 aromatic carbocycles. The Kier molecular flexibility index (Phi) is 7.16. The number of anilines is 3. The first-order chi connectivity index (χ1) is 26.0. The van der Waals surface area contributed by atoms with Gasteiger partial charge in [0.05, 0.1) is 11.0 Å². The van der Waals surface area contributed by atoms with Gasteiger partial charge in [0.25, 0.3) is 0 Å². The van der Waals surface area contributed by atoms with Crippen LogP contribution in [0.4, 0.5) is 17.1 Å². The van der Waals surface area contributed by atoms with Crippen LogP contribution >= 0.6 is 0 Å². The zero-order valence-corrected chi connectivity index (χ0v) is 29.7. The van der Waals surface area contributed by atoms with Crippen molar-refractivity contribution in [3.8, 4) is 39.1 Å². The molecule has 0 aliphatic heterocycles. The summed E-state index contributed by atoms with van der Waals surface area (Å²) in [6.45, 7) is 4.70. The molecule has 53 heavy (non-hydrogen) atoms. The molecule has 1 aliphatic rings. The Morgan fingerprint density at radius 2 is 1.06 bits per heavy atom. The first-order valence-corrected chi connectivity index (χ1v) is 18.3. The molecule has 0 amide bonds. The molecule has 2 heterocycles. The highest BCUT2D eigenvalue weighted by molar-refractivity contribution is 6.10. The van der Waals surface area contributed by atoms with Crippen LogP contribution in [0.25, 0.3) is 60.9 Å². The Labute approximate surface area is 310 Å². The first-order valence-electron chi connectivity index (χ1n) is 18.3. The molecular weight excluding hydrogens is 643 g/mol. The molecule has 252 valence electrons. The fraction of sp³-hybridized carbons (Fsp3) is 0.0600. The lowest BCUT2D eigenvalue weighted by molar-refractivity contribution is 0.660. The lowest BCUT2D eigenvalue weighted by Gasteiger charge is -2.28. The van der Waals surface area contributed by atoms with Crippen molar-refractivity contribution in [1.82, 2.24) is 9.55 Å². The van der Waals surface area contributed by atoms with Crippen LogP contribution in [0.3, 0.4) is 0 Å². The van der Waals surface area contributed by atoms with Crippen molar-refractivity contribution in [2.75, 3.05) is 4.90 Å². The van der Waals surface area contributed by atoms with Crippen molar-refractivity contribution in [3.05, 3.63) is 199 Å². The lowest BCUT2D eigenvalue weighted by Crippen LogP contribution is -2.16. The van der Waals surface area contributed by atoms with E-state index in [1.807, 2.05) is 12.4 Å². The summed E-state index contributed by atoms with van der Waals surface area (Å²) in [5.74, 6) is 0. The Bertz CT molecular complexity index is 2790. The average Bonchev–Trinajstić information content (AvgIpc) is 3.67. The minimum Gasteiger partial charge on any atom is -0.310 e. The van der Waals surface area contributed by atoms with Gasteiger partial charge in [0.1, 0.15) is 0 Å². The maximum atomic E-state index is 4.21. The molecule has 0 bridgehead atoms. The molecule has 0 fully saturated rings. The van der Waals surface area contributed by atoms with Crippen LogP contribution in [0.15, 0.2) is 188 Å². The van der Waals surface area contributed by atoms with Crippen molar-refractivity contribution in [1.29, 1.82) is 0 Å². The molecule has 3 nitrogen and oxygen atoms in total. The van der Waals surface area contributed by atoms with E-state index in [1.54, 1.807) is 0 Å². The molecule has 10 rings (SSSR count). The first kappa shape index (κ1) is 31.1. The van der Waals surface area contributed by atoms with Gasteiger partial charge in [-0.25, -0.2) is 0 Å². The number of benzene rings is 7. The Hall–Kier alpha value is -6.71. The zero-order chi connectivity index (χ0) is 35.5. The van der Waals surface area contributed by atoms with Crippen LogP contribution in [0.2, 0.25) is 0 Å². The second-order valence-electron chi connectivity index (χ2n) is 14.5. The van der Waals surface area contributed by atoms with Crippen molar-refractivity contribution in [3.63, 3.8) is 0 Å². The summed E-state index contributed by atoms with van der Waals surface area (Å²) in [6, 6.07) is 64.1. The molecule has 0 saturated heterocycles. The van der Waals surface area contributed by atoms with Crippen LogP contribution in [-0.4, -0.2) is 9.55 Å². The normalized spacial score (nSPS) is 12.9. The number of pyridine rings is 1. The molecule has 0 spiro atoms. The van der Waals surface area contributed by atoms with Gasteiger partial charge in [-0.2, -0.15) is 0 Å². The standard InChI is InChI=1S/C50H37N3/c1-50(2)46-17-8-6-15-42(46)43-25-23-41(33-47(43)50)52(39-21-19-34(20-22-39)36-11-10-12-37(31-36)35-27-29-51-30-28-35)40-24-26-49-45(32-40)44-16-7-9-18-48(44)53(49)38-13-4-3-5-14-38/h3-33H,1-2H3. The van der Waals surface area contributed by atoms with Crippen molar-refractivity contribution in [2.24, 2.45) is 0 Å². The van der Waals surface area contributed by atoms with Crippen LogP contribution in [-0.2, 0) is 5.41 Å². The summed E-state index contributed by atoms with van der Waals surface area (Å²) in [5, 5.41) is 2.47. The highest BCUT2D eigenvalue weighted by Crippen LogP contribution is 2.51.